The average Bonchev–Trinajstić information content (AvgIpc) is 2.95. The van der Waals surface area contributed by atoms with E-state index in [0.29, 0.717) is 25.1 Å². The van der Waals surface area contributed by atoms with Crippen molar-refractivity contribution in [2.45, 2.75) is 57.8 Å². The summed E-state index contributed by atoms with van der Waals surface area (Å²) in [5, 5.41) is 11.0. The molecular formula is C18H25ClN2O4. The number of nitrogens with zero attached hydrogens (tertiary/aromatic N) is 2. The predicted molar refractivity (Wildman–Crippen MR) is 95.4 cm³/mol. The first-order valence-electron chi connectivity index (χ1n) is 8.63. The molecule has 2 aliphatic rings. The van der Waals surface area contributed by atoms with Gasteiger partial charge in [0.05, 0.1) is 13.2 Å². The normalized spacial score (nSPS) is 23.6. The van der Waals surface area contributed by atoms with E-state index in [4.69, 9.17) is 16.3 Å². The lowest BCUT2D eigenvalue weighted by Gasteiger charge is -2.48. The fourth-order valence-corrected chi connectivity index (χ4v) is 4.49. The fourth-order valence-electron chi connectivity index (χ4n) is 4.38. The van der Waals surface area contributed by atoms with Gasteiger partial charge in [-0.3, -0.25) is 9.59 Å². The molecule has 0 radical (unpaired) electrons. The van der Waals surface area contributed by atoms with E-state index >= 15 is 0 Å². The van der Waals surface area contributed by atoms with E-state index in [1.807, 2.05) is 20.8 Å². The number of carbonyl (C=O) groups excluding carboxylic acids is 1. The first-order chi connectivity index (χ1) is 11.7. The second-order valence-corrected chi connectivity index (χ2v) is 8.03. The number of hydrogen-bond acceptors (Lipinski definition) is 4. The van der Waals surface area contributed by atoms with Crippen molar-refractivity contribution < 1.29 is 14.6 Å². The van der Waals surface area contributed by atoms with Crippen molar-refractivity contribution in [3.8, 4) is 5.75 Å². The highest BCUT2D eigenvalue weighted by Crippen LogP contribution is 2.42. The van der Waals surface area contributed by atoms with Crippen LogP contribution in [0.25, 0.3) is 0 Å². The number of ether oxygens (including phenoxy) is 1. The minimum Gasteiger partial charge on any atom is -0.491 e. The third kappa shape index (κ3) is 2.75. The zero-order valence-electron chi connectivity index (χ0n) is 15.1. The van der Waals surface area contributed by atoms with Crippen molar-refractivity contribution in [2.75, 3.05) is 13.0 Å². The van der Waals surface area contributed by atoms with E-state index in [0.717, 1.165) is 5.69 Å². The second-order valence-electron chi connectivity index (χ2n) is 7.72. The molecule has 25 heavy (non-hydrogen) atoms. The van der Waals surface area contributed by atoms with Crippen LogP contribution in [0.3, 0.4) is 0 Å². The third-order valence-electron chi connectivity index (χ3n) is 5.31. The summed E-state index contributed by atoms with van der Waals surface area (Å²) < 4.78 is 7.06. The summed E-state index contributed by atoms with van der Waals surface area (Å²) in [7, 11) is 1.40. The molecule has 3 heterocycles. The second kappa shape index (κ2) is 6.32. The Hall–Kier alpha value is -1.53. The highest BCUT2D eigenvalue weighted by atomic mass is 35.5. The molecule has 0 saturated carbocycles. The first kappa shape index (κ1) is 18.3. The van der Waals surface area contributed by atoms with Gasteiger partial charge in [-0.1, -0.05) is 6.92 Å². The Morgan fingerprint density at radius 3 is 2.72 bits per heavy atom. The number of halogens is 1. The van der Waals surface area contributed by atoms with Crippen molar-refractivity contribution in [1.82, 2.24) is 9.47 Å². The van der Waals surface area contributed by atoms with Gasteiger partial charge < -0.3 is 19.3 Å². The summed E-state index contributed by atoms with van der Waals surface area (Å²) in [6, 6.07) is 1.25. The molecule has 3 unspecified atom stereocenters. The van der Waals surface area contributed by atoms with E-state index in [1.54, 1.807) is 4.57 Å². The fraction of sp³-hybridized carbons (Fsp3) is 0.667. The van der Waals surface area contributed by atoms with Gasteiger partial charge in [-0.2, -0.15) is 0 Å². The average molecular weight is 369 g/mol. The van der Waals surface area contributed by atoms with Gasteiger partial charge in [0.25, 0.3) is 5.91 Å². The van der Waals surface area contributed by atoms with Crippen LogP contribution in [0.2, 0.25) is 0 Å². The molecule has 0 aliphatic carbocycles. The number of hydrogen-bond donors (Lipinski definition) is 1. The van der Waals surface area contributed by atoms with Gasteiger partial charge in [-0.05, 0) is 39.0 Å². The number of methoxy groups -OCH3 is 1. The molecule has 3 rings (SSSR count). The summed E-state index contributed by atoms with van der Waals surface area (Å²) in [4.78, 5) is 27.1. The van der Waals surface area contributed by atoms with Gasteiger partial charge in [-0.15, -0.1) is 11.6 Å². The molecular weight excluding hydrogens is 344 g/mol. The van der Waals surface area contributed by atoms with Gasteiger partial charge in [0.1, 0.15) is 0 Å². The Morgan fingerprint density at radius 2 is 2.12 bits per heavy atom. The summed E-state index contributed by atoms with van der Waals surface area (Å²) in [5.74, 6) is 0.360. The van der Waals surface area contributed by atoms with Crippen LogP contribution in [0, 0.1) is 5.92 Å². The van der Waals surface area contributed by atoms with E-state index in [-0.39, 0.29) is 34.7 Å². The van der Waals surface area contributed by atoms with Gasteiger partial charge in [0, 0.05) is 23.2 Å². The number of rotatable bonds is 5. The molecule has 1 N–H and O–H groups in total. The molecule has 0 bridgehead atoms. The van der Waals surface area contributed by atoms with Gasteiger partial charge in [-0.25, -0.2) is 0 Å². The number of aliphatic hydroxyl groups is 1. The summed E-state index contributed by atoms with van der Waals surface area (Å²) >= 11 is 5.95. The zero-order valence-corrected chi connectivity index (χ0v) is 15.8. The number of amides is 1. The van der Waals surface area contributed by atoms with Crippen LogP contribution in [0.5, 0.6) is 5.75 Å². The van der Waals surface area contributed by atoms with Gasteiger partial charge in [0.15, 0.2) is 17.7 Å². The Balaban J connectivity index is 2.14. The van der Waals surface area contributed by atoms with E-state index in [9.17, 15) is 14.7 Å². The van der Waals surface area contributed by atoms with Crippen LogP contribution in [0.4, 0.5) is 0 Å². The van der Waals surface area contributed by atoms with Gasteiger partial charge in [0.2, 0.25) is 5.43 Å². The number of alkyl halides is 1. The molecule has 3 atom stereocenters. The first-order valence-corrected chi connectivity index (χ1v) is 9.16. The Kier molecular flexibility index (Phi) is 4.62. The Bertz CT molecular complexity index is 758. The molecule has 7 heteroatoms. The molecule has 138 valence electrons. The largest absolute Gasteiger partial charge is 0.491 e. The predicted octanol–water partition coefficient (Wildman–Crippen LogP) is 2.16. The van der Waals surface area contributed by atoms with E-state index in [2.05, 4.69) is 0 Å². The number of aryl methyl sites for hydroxylation is 1. The SMILES string of the molecule is COc1c2n3c(cc1=O)CCC3C(O)N(C(C)(C)CC(C)CCl)C2=O. The van der Waals surface area contributed by atoms with Crippen LogP contribution in [0.15, 0.2) is 10.9 Å². The number of carbonyl (C=O) groups is 1. The molecule has 0 fully saturated rings. The highest BCUT2D eigenvalue weighted by molar-refractivity contribution is 6.18. The highest BCUT2D eigenvalue weighted by Gasteiger charge is 2.49. The van der Waals surface area contributed by atoms with Crippen molar-refractivity contribution in [1.29, 1.82) is 0 Å². The van der Waals surface area contributed by atoms with Crippen LogP contribution in [0.1, 0.15) is 55.8 Å². The third-order valence-corrected chi connectivity index (χ3v) is 5.84. The Morgan fingerprint density at radius 1 is 1.44 bits per heavy atom. The molecule has 1 aromatic rings. The maximum absolute atomic E-state index is 13.3. The minimum absolute atomic E-state index is 0.0544. The van der Waals surface area contributed by atoms with E-state index < -0.39 is 11.8 Å². The van der Waals surface area contributed by atoms with Crippen molar-refractivity contribution >= 4 is 17.5 Å². The van der Waals surface area contributed by atoms with Gasteiger partial charge >= 0.3 is 0 Å². The smallest absolute Gasteiger partial charge is 0.277 e. The topological polar surface area (TPSA) is 71.8 Å². The lowest BCUT2D eigenvalue weighted by Crippen LogP contribution is -2.59. The molecule has 0 aromatic carbocycles. The minimum atomic E-state index is -0.939. The Labute approximate surface area is 152 Å². The lowest BCUT2D eigenvalue weighted by molar-refractivity contribution is -0.0768. The maximum atomic E-state index is 13.3. The quantitative estimate of drug-likeness (QED) is 0.808. The standard InChI is InChI=1S/C18H25ClN2O4/c1-10(9-19)8-18(2,3)21-16(23)12-6-5-11-7-13(22)15(25-4)14(17(21)24)20(11)12/h7,10,12,16,23H,5-6,8-9H2,1-4H3. The monoisotopic (exact) mass is 368 g/mol. The molecule has 0 saturated heterocycles. The molecule has 0 spiro atoms. The van der Waals surface area contributed by atoms with Crippen LogP contribution >= 0.6 is 11.6 Å². The van der Waals surface area contributed by atoms with Crippen LogP contribution in [-0.2, 0) is 6.42 Å². The molecule has 1 amide bonds. The summed E-state index contributed by atoms with van der Waals surface area (Å²) in [5.41, 5.74) is 0.144. The van der Waals surface area contributed by atoms with Crippen LogP contribution < -0.4 is 10.2 Å². The zero-order chi connectivity index (χ0) is 18.5. The molecule has 6 nitrogen and oxygen atoms in total. The van der Waals surface area contributed by atoms with Crippen molar-refractivity contribution in [3.63, 3.8) is 0 Å². The number of aromatic nitrogens is 1. The molecule has 2 aliphatic heterocycles. The summed E-state index contributed by atoms with van der Waals surface area (Å²) in [6.45, 7) is 5.87. The maximum Gasteiger partial charge on any atom is 0.277 e. The lowest BCUT2D eigenvalue weighted by atomic mass is 9.88. The van der Waals surface area contributed by atoms with Crippen molar-refractivity contribution in [2.24, 2.45) is 5.92 Å². The van der Waals surface area contributed by atoms with Crippen molar-refractivity contribution in [3.05, 3.63) is 27.7 Å². The van der Waals surface area contributed by atoms with Crippen LogP contribution in [-0.4, -0.2) is 45.2 Å². The number of pyridine rings is 1. The molecule has 1 aromatic heterocycles. The summed E-state index contributed by atoms with van der Waals surface area (Å²) in [6.07, 6.45) is 1.06. The van der Waals surface area contributed by atoms with E-state index in [1.165, 1.54) is 18.1 Å². The number of aliphatic hydroxyl groups excluding tert-OH is 1.